The molecule has 1 aromatic carbocycles. The molecule has 2 unspecified atom stereocenters. The average molecular weight is 279 g/mol. The van der Waals surface area contributed by atoms with Crippen molar-refractivity contribution in [1.82, 2.24) is 5.32 Å². The number of amides is 1. The molecule has 1 amide bonds. The first-order valence-electron chi connectivity index (χ1n) is 6.56. The van der Waals surface area contributed by atoms with E-state index in [2.05, 4.69) is 17.0 Å². The predicted molar refractivity (Wildman–Crippen MR) is 81.4 cm³/mol. The summed E-state index contributed by atoms with van der Waals surface area (Å²) in [5, 5.41) is 3.70. The van der Waals surface area contributed by atoms with E-state index in [0.717, 1.165) is 17.7 Å². The van der Waals surface area contributed by atoms with E-state index in [1.807, 2.05) is 30.8 Å². The van der Waals surface area contributed by atoms with Crippen LogP contribution in [-0.2, 0) is 0 Å². The monoisotopic (exact) mass is 279 g/mol. The van der Waals surface area contributed by atoms with Gasteiger partial charge in [0.2, 0.25) is 0 Å². The molecule has 4 nitrogen and oxygen atoms in total. The zero-order valence-corrected chi connectivity index (χ0v) is 12.2. The molecule has 1 aliphatic carbocycles. The molecule has 0 aliphatic heterocycles. The molecular formula is C14H21N3OS. The number of thioether (sulfide) groups is 1. The maximum absolute atomic E-state index is 12.2. The predicted octanol–water partition coefficient (Wildman–Crippen LogP) is 2.29. The van der Waals surface area contributed by atoms with Crippen LogP contribution in [0, 0.1) is 6.92 Å². The Labute approximate surface area is 118 Å². The summed E-state index contributed by atoms with van der Waals surface area (Å²) in [6, 6.07) is 5.81. The third-order valence-electron chi connectivity index (χ3n) is 3.72. The van der Waals surface area contributed by atoms with Crippen LogP contribution in [0.3, 0.4) is 0 Å². The highest BCUT2D eigenvalue weighted by atomic mass is 32.2. The standard InChI is InChI=1S/C14H21N3OS/c1-9-8-10(6-7-11(9)17-15)14(18)16-12-4-3-5-13(12)19-2/h6-8,12-13,17H,3-5,15H2,1-2H3,(H,16,18). The van der Waals surface area contributed by atoms with Crippen molar-refractivity contribution in [2.45, 2.75) is 37.5 Å². The lowest BCUT2D eigenvalue weighted by molar-refractivity contribution is 0.0938. The Bertz CT molecular complexity index is 464. The molecule has 1 aliphatic rings. The number of hydrogen-bond donors (Lipinski definition) is 3. The Morgan fingerprint density at radius 3 is 2.84 bits per heavy atom. The van der Waals surface area contributed by atoms with Crippen molar-refractivity contribution in [2.75, 3.05) is 11.7 Å². The Kier molecular flexibility index (Phi) is 4.71. The first-order valence-corrected chi connectivity index (χ1v) is 7.85. The van der Waals surface area contributed by atoms with Gasteiger partial charge in [0.05, 0.1) is 5.69 Å². The normalized spacial score (nSPS) is 22.3. The lowest BCUT2D eigenvalue weighted by Crippen LogP contribution is -2.38. The minimum Gasteiger partial charge on any atom is -0.348 e. The summed E-state index contributed by atoms with van der Waals surface area (Å²) in [5.74, 6) is 5.40. The molecule has 104 valence electrons. The molecule has 0 heterocycles. The van der Waals surface area contributed by atoms with Crippen molar-refractivity contribution < 1.29 is 4.79 Å². The summed E-state index contributed by atoms with van der Waals surface area (Å²) in [6.07, 6.45) is 5.59. The molecule has 0 radical (unpaired) electrons. The fourth-order valence-corrected chi connectivity index (χ4v) is 3.53. The molecular weight excluding hydrogens is 258 g/mol. The van der Waals surface area contributed by atoms with Crippen LogP contribution >= 0.6 is 11.8 Å². The summed E-state index contributed by atoms with van der Waals surface area (Å²) >= 11 is 1.85. The van der Waals surface area contributed by atoms with Crippen molar-refractivity contribution in [2.24, 2.45) is 5.84 Å². The maximum Gasteiger partial charge on any atom is 0.251 e. The first-order chi connectivity index (χ1) is 9.15. The second-order valence-corrected chi connectivity index (χ2v) is 6.04. The van der Waals surface area contributed by atoms with Gasteiger partial charge in [-0.2, -0.15) is 11.8 Å². The third kappa shape index (κ3) is 3.22. The Morgan fingerprint density at radius 2 is 2.21 bits per heavy atom. The number of nitrogens with two attached hydrogens (primary N) is 1. The molecule has 0 aromatic heterocycles. The number of anilines is 1. The molecule has 1 fully saturated rings. The fourth-order valence-electron chi connectivity index (χ4n) is 2.59. The summed E-state index contributed by atoms with van der Waals surface area (Å²) in [6.45, 7) is 1.94. The smallest absolute Gasteiger partial charge is 0.251 e. The van der Waals surface area contributed by atoms with E-state index in [9.17, 15) is 4.79 Å². The van der Waals surface area contributed by atoms with Gasteiger partial charge in [-0.1, -0.05) is 6.42 Å². The van der Waals surface area contributed by atoms with E-state index in [1.165, 1.54) is 12.8 Å². The molecule has 19 heavy (non-hydrogen) atoms. The minimum absolute atomic E-state index is 0.0117. The molecule has 1 aromatic rings. The van der Waals surface area contributed by atoms with Crippen molar-refractivity contribution in [1.29, 1.82) is 0 Å². The number of rotatable bonds is 4. The molecule has 0 bridgehead atoms. The van der Waals surface area contributed by atoms with Crippen LogP contribution in [0.5, 0.6) is 0 Å². The van der Waals surface area contributed by atoms with Crippen LogP contribution in [0.2, 0.25) is 0 Å². The Balaban J connectivity index is 2.05. The van der Waals surface area contributed by atoms with Crippen molar-refractivity contribution >= 4 is 23.4 Å². The Morgan fingerprint density at radius 1 is 1.42 bits per heavy atom. The molecule has 1 saturated carbocycles. The summed E-state index contributed by atoms with van der Waals surface area (Å²) in [5.41, 5.74) is 5.13. The summed E-state index contributed by atoms with van der Waals surface area (Å²) in [4.78, 5) is 12.2. The molecule has 0 spiro atoms. The number of aryl methyl sites for hydroxylation is 1. The quantitative estimate of drug-likeness (QED) is 0.584. The number of carbonyl (C=O) groups is 1. The van der Waals surface area contributed by atoms with Crippen molar-refractivity contribution in [3.05, 3.63) is 29.3 Å². The molecule has 4 N–H and O–H groups in total. The van der Waals surface area contributed by atoms with E-state index >= 15 is 0 Å². The highest BCUT2D eigenvalue weighted by molar-refractivity contribution is 7.99. The zero-order chi connectivity index (χ0) is 13.8. The number of hydrogen-bond acceptors (Lipinski definition) is 4. The van der Waals surface area contributed by atoms with Crippen LogP contribution in [-0.4, -0.2) is 23.5 Å². The minimum atomic E-state index is 0.0117. The van der Waals surface area contributed by atoms with Gasteiger partial charge in [0.15, 0.2) is 0 Å². The molecule has 2 rings (SSSR count). The van der Waals surface area contributed by atoms with Gasteiger partial charge in [-0.05, 0) is 49.8 Å². The SMILES string of the molecule is CSC1CCCC1NC(=O)c1ccc(NN)c(C)c1. The molecule has 2 atom stereocenters. The van der Waals surface area contributed by atoms with E-state index in [0.29, 0.717) is 16.9 Å². The number of nitrogens with one attached hydrogen (secondary N) is 2. The third-order valence-corrected chi connectivity index (χ3v) is 4.89. The summed E-state index contributed by atoms with van der Waals surface area (Å²) < 4.78 is 0. The topological polar surface area (TPSA) is 67.2 Å². The van der Waals surface area contributed by atoms with Crippen LogP contribution in [0.15, 0.2) is 18.2 Å². The van der Waals surface area contributed by atoms with E-state index in [1.54, 1.807) is 6.07 Å². The van der Waals surface area contributed by atoms with Gasteiger partial charge in [0.25, 0.3) is 5.91 Å². The number of hydrazine groups is 1. The van der Waals surface area contributed by atoms with Gasteiger partial charge in [0, 0.05) is 16.9 Å². The van der Waals surface area contributed by atoms with Crippen LogP contribution in [0.1, 0.15) is 35.2 Å². The van der Waals surface area contributed by atoms with Gasteiger partial charge in [-0.3, -0.25) is 10.6 Å². The average Bonchev–Trinajstić information content (AvgIpc) is 2.85. The summed E-state index contributed by atoms with van der Waals surface area (Å²) in [7, 11) is 0. The second kappa shape index (κ2) is 6.30. The van der Waals surface area contributed by atoms with Crippen LogP contribution in [0.4, 0.5) is 5.69 Å². The fraction of sp³-hybridized carbons (Fsp3) is 0.500. The Hall–Kier alpha value is -1.20. The second-order valence-electron chi connectivity index (χ2n) is 4.96. The lowest BCUT2D eigenvalue weighted by Gasteiger charge is -2.19. The van der Waals surface area contributed by atoms with E-state index < -0.39 is 0 Å². The van der Waals surface area contributed by atoms with Gasteiger partial charge in [-0.25, -0.2) is 0 Å². The highest BCUT2D eigenvalue weighted by Gasteiger charge is 2.27. The highest BCUT2D eigenvalue weighted by Crippen LogP contribution is 2.28. The number of benzene rings is 1. The van der Waals surface area contributed by atoms with Crippen molar-refractivity contribution in [3.8, 4) is 0 Å². The number of carbonyl (C=O) groups excluding carboxylic acids is 1. The van der Waals surface area contributed by atoms with Gasteiger partial charge in [-0.15, -0.1) is 0 Å². The lowest BCUT2D eigenvalue weighted by atomic mass is 10.1. The van der Waals surface area contributed by atoms with Gasteiger partial charge >= 0.3 is 0 Å². The zero-order valence-electron chi connectivity index (χ0n) is 11.4. The number of nitrogen functional groups attached to an aromatic ring is 1. The molecule has 0 saturated heterocycles. The largest absolute Gasteiger partial charge is 0.348 e. The van der Waals surface area contributed by atoms with Crippen LogP contribution in [0.25, 0.3) is 0 Å². The maximum atomic E-state index is 12.2. The molecule has 5 heteroatoms. The van der Waals surface area contributed by atoms with E-state index in [4.69, 9.17) is 5.84 Å². The van der Waals surface area contributed by atoms with Crippen molar-refractivity contribution in [3.63, 3.8) is 0 Å². The first kappa shape index (κ1) is 14.2. The van der Waals surface area contributed by atoms with Gasteiger partial charge < -0.3 is 10.7 Å². The van der Waals surface area contributed by atoms with E-state index in [-0.39, 0.29) is 5.91 Å². The van der Waals surface area contributed by atoms with Gasteiger partial charge in [0.1, 0.15) is 0 Å². The van der Waals surface area contributed by atoms with Crippen LogP contribution < -0.4 is 16.6 Å².